The number of rotatable bonds is 4. The molecule has 3 rings (SSSR count). The Balaban J connectivity index is 1.66. The molecule has 2 aromatic rings. The topological polar surface area (TPSA) is 45.5 Å². The Morgan fingerprint density at radius 1 is 1.30 bits per heavy atom. The molecule has 0 bridgehead atoms. The van der Waals surface area contributed by atoms with Crippen LogP contribution in [0.2, 0.25) is 0 Å². The Morgan fingerprint density at radius 3 is 3.00 bits per heavy atom. The van der Waals surface area contributed by atoms with Gasteiger partial charge in [-0.05, 0) is 30.4 Å². The summed E-state index contributed by atoms with van der Waals surface area (Å²) in [6.45, 7) is 1.57. The Morgan fingerprint density at radius 2 is 2.15 bits per heavy atom. The molecular formula is C16H20N2O2. The van der Waals surface area contributed by atoms with Crippen LogP contribution in [0.15, 0.2) is 36.5 Å². The molecule has 4 nitrogen and oxygen atoms in total. The summed E-state index contributed by atoms with van der Waals surface area (Å²) in [6, 6.07) is 10.3. The van der Waals surface area contributed by atoms with Crippen molar-refractivity contribution in [3.8, 4) is 0 Å². The van der Waals surface area contributed by atoms with E-state index in [1.807, 2.05) is 23.2 Å². The fourth-order valence-electron chi connectivity index (χ4n) is 3.05. The number of aromatic nitrogens is 1. The quantitative estimate of drug-likeness (QED) is 0.925. The molecule has 0 radical (unpaired) electrons. The third-order valence-electron chi connectivity index (χ3n) is 4.16. The Bertz CT molecular complexity index is 605. The van der Waals surface area contributed by atoms with Crippen LogP contribution in [0.4, 0.5) is 0 Å². The number of aryl methyl sites for hydroxylation is 1. The van der Waals surface area contributed by atoms with Gasteiger partial charge in [-0.25, -0.2) is 0 Å². The summed E-state index contributed by atoms with van der Waals surface area (Å²) < 4.78 is 2.12. The molecule has 20 heavy (non-hydrogen) atoms. The lowest BCUT2D eigenvalue weighted by molar-refractivity contribution is -0.132. The minimum absolute atomic E-state index is 0.0314. The molecule has 1 saturated heterocycles. The van der Waals surface area contributed by atoms with Crippen molar-refractivity contribution >= 4 is 16.8 Å². The number of nitrogens with zero attached hydrogens (tertiary/aromatic N) is 2. The van der Waals surface area contributed by atoms with E-state index in [2.05, 4.69) is 22.8 Å². The molecule has 0 aliphatic carbocycles. The van der Waals surface area contributed by atoms with Crippen LogP contribution in [-0.4, -0.2) is 39.7 Å². The second-order valence-corrected chi connectivity index (χ2v) is 5.38. The van der Waals surface area contributed by atoms with Crippen molar-refractivity contribution in [3.63, 3.8) is 0 Å². The number of aliphatic hydroxyl groups excluding tert-OH is 1. The third-order valence-corrected chi connectivity index (χ3v) is 4.16. The minimum atomic E-state index is 0.0314. The van der Waals surface area contributed by atoms with E-state index in [9.17, 15) is 9.90 Å². The molecule has 106 valence electrons. The van der Waals surface area contributed by atoms with Gasteiger partial charge >= 0.3 is 0 Å². The third kappa shape index (κ3) is 2.43. The summed E-state index contributed by atoms with van der Waals surface area (Å²) in [5, 5.41) is 10.5. The van der Waals surface area contributed by atoms with E-state index < -0.39 is 0 Å². The fourth-order valence-corrected chi connectivity index (χ4v) is 3.05. The zero-order valence-corrected chi connectivity index (χ0v) is 11.5. The zero-order chi connectivity index (χ0) is 13.9. The molecule has 0 saturated carbocycles. The van der Waals surface area contributed by atoms with Gasteiger partial charge in [0.25, 0.3) is 0 Å². The Kier molecular flexibility index (Phi) is 3.74. The highest BCUT2D eigenvalue weighted by Gasteiger charge is 2.27. The monoisotopic (exact) mass is 272 g/mol. The molecule has 1 aliphatic heterocycles. The van der Waals surface area contributed by atoms with Crippen molar-refractivity contribution in [2.75, 3.05) is 13.2 Å². The minimum Gasteiger partial charge on any atom is -0.394 e. The highest BCUT2D eigenvalue weighted by molar-refractivity contribution is 5.80. The summed E-state index contributed by atoms with van der Waals surface area (Å²) in [4.78, 5) is 14.1. The van der Waals surface area contributed by atoms with Gasteiger partial charge in [0.2, 0.25) is 5.91 Å². The molecule has 1 amide bonds. The fraction of sp³-hybridized carbons (Fsp3) is 0.438. The lowest BCUT2D eigenvalue weighted by Gasteiger charge is -2.23. The summed E-state index contributed by atoms with van der Waals surface area (Å²) in [7, 11) is 0. The van der Waals surface area contributed by atoms with Crippen molar-refractivity contribution in [3.05, 3.63) is 36.5 Å². The van der Waals surface area contributed by atoms with E-state index in [4.69, 9.17) is 0 Å². The van der Waals surface area contributed by atoms with Gasteiger partial charge in [-0.2, -0.15) is 0 Å². The van der Waals surface area contributed by atoms with E-state index in [1.165, 1.54) is 10.9 Å². The van der Waals surface area contributed by atoms with E-state index in [-0.39, 0.29) is 18.6 Å². The normalized spacial score (nSPS) is 18.9. The SMILES string of the molecule is O=C(CCn1ccc2ccccc21)N1CCCC1CO. The molecule has 1 fully saturated rings. The molecule has 1 atom stereocenters. The predicted octanol–water partition coefficient (Wildman–Crippen LogP) is 2.01. The first-order chi connectivity index (χ1) is 9.79. The van der Waals surface area contributed by atoms with Gasteiger partial charge in [0.15, 0.2) is 0 Å². The molecule has 1 N–H and O–H groups in total. The average molecular weight is 272 g/mol. The van der Waals surface area contributed by atoms with Gasteiger partial charge in [-0.3, -0.25) is 4.79 Å². The van der Waals surface area contributed by atoms with Crippen LogP contribution in [0.25, 0.3) is 10.9 Å². The van der Waals surface area contributed by atoms with Crippen LogP contribution in [0.5, 0.6) is 0 Å². The number of carbonyl (C=O) groups excluding carboxylic acids is 1. The van der Waals surface area contributed by atoms with E-state index in [0.717, 1.165) is 19.4 Å². The zero-order valence-electron chi connectivity index (χ0n) is 11.5. The first-order valence-electron chi connectivity index (χ1n) is 7.24. The maximum absolute atomic E-state index is 12.2. The van der Waals surface area contributed by atoms with Crippen molar-refractivity contribution in [1.29, 1.82) is 0 Å². The molecule has 4 heteroatoms. The van der Waals surface area contributed by atoms with Crippen molar-refractivity contribution < 1.29 is 9.90 Å². The van der Waals surface area contributed by atoms with Crippen molar-refractivity contribution in [2.45, 2.75) is 31.8 Å². The molecule has 1 aliphatic rings. The first-order valence-corrected chi connectivity index (χ1v) is 7.24. The summed E-state index contributed by atoms with van der Waals surface area (Å²) in [5.74, 6) is 0.152. The molecule has 1 aromatic heterocycles. The van der Waals surface area contributed by atoms with E-state index >= 15 is 0 Å². The first kappa shape index (κ1) is 13.2. The van der Waals surface area contributed by atoms with E-state index in [1.54, 1.807) is 0 Å². The maximum Gasteiger partial charge on any atom is 0.224 e. The number of aliphatic hydroxyl groups is 1. The van der Waals surface area contributed by atoms with Gasteiger partial charge in [0.05, 0.1) is 12.6 Å². The number of likely N-dealkylation sites (tertiary alicyclic amines) is 1. The number of carbonyl (C=O) groups is 1. The second-order valence-electron chi connectivity index (χ2n) is 5.38. The number of fused-ring (bicyclic) bond motifs is 1. The molecular weight excluding hydrogens is 252 g/mol. The Labute approximate surface area is 118 Å². The summed E-state index contributed by atoms with van der Waals surface area (Å²) in [6.07, 6.45) is 4.46. The van der Waals surface area contributed by atoms with Crippen molar-refractivity contribution in [2.24, 2.45) is 0 Å². The van der Waals surface area contributed by atoms with Crippen LogP contribution in [0.3, 0.4) is 0 Å². The van der Waals surface area contributed by atoms with Crippen LogP contribution in [0.1, 0.15) is 19.3 Å². The van der Waals surface area contributed by atoms with Crippen molar-refractivity contribution in [1.82, 2.24) is 9.47 Å². The van der Waals surface area contributed by atoms with Crippen LogP contribution in [0, 0.1) is 0 Å². The highest BCUT2D eigenvalue weighted by Crippen LogP contribution is 2.19. The van der Waals surface area contributed by atoms with Crippen LogP contribution in [-0.2, 0) is 11.3 Å². The molecule has 2 heterocycles. The standard InChI is InChI=1S/C16H20N2O2/c19-12-14-5-3-9-18(14)16(20)8-11-17-10-7-13-4-1-2-6-15(13)17/h1-2,4,6-7,10,14,19H,3,5,8-9,11-12H2. The molecule has 0 spiro atoms. The number of hydrogen-bond acceptors (Lipinski definition) is 2. The lowest BCUT2D eigenvalue weighted by atomic mass is 10.2. The summed E-state index contributed by atoms with van der Waals surface area (Å²) >= 11 is 0. The number of para-hydroxylation sites is 1. The summed E-state index contributed by atoms with van der Waals surface area (Å²) in [5.41, 5.74) is 1.17. The van der Waals surface area contributed by atoms with Crippen LogP contribution >= 0.6 is 0 Å². The predicted molar refractivity (Wildman–Crippen MR) is 78.4 cm³/mol. The van der Waals surface area contributed by atoms with Gasteiger partial charge in [0.1, 0.15) is 0 Å². The number of hydrogen-bond donors (Lipinski definition) is 1. The number of benzene rings is 1. The lowest BCUT2D eigenvalue weighted by Crippen LogP contribution is -2.37. The van der Waals surface area contributed by atoms with Crippen LogP contribution < -0.4 is 0 Å². The van der Waals surface area contributed by atoms with Gasteiger partial charge < -0.3 is 14.6 Å². The maximum atomic E-state index is 12.2. The number of amides is 1. The largest absolute Gasteiger partial charge is 0.394 e. The smallest absolute Gasteiger partial charge is 0.224 e. The average Bonchev–Trinajstić information content (AvgIpc) is 3.11. The molecule has 1 unspecified atom stereocenters. The highest BCUT2D eigenvalue weighted by atomic mass is 16.3. The Hall–Kier alpha value is -1.81. The second kappa shape index (κ2) is 5.67. The van der Waals surface area contributed by atoms with E-state index in [0.29, 0.717) is 13.0 Å². The molecule has 1 aromatic carbocycles. The van der Waals surface area contributed by atoms with Gasteiger partial charge in [0, 0.05) is 31.2 Å². The van der Waals surface area contributed by atoms with Gasteiger partial charge in [-0.1, -0.05) is 18.2 Å². The van der Waals surface area contributed by atoms with Gasteiger partial charge in [-0.15, -0.1) is 0 Å².